The summed E-state index contributed by atoms with van der Waals surface area (Å²) in [4.78, 5) is 39.1. The van der Waals surface area contributed by atoms with E-state index in [4.69, 9.17) is 23.2 Å². The molecule has 2 N–H and O–H groups in total. The van der Waals surface area contributed by atoms with Crippen LogP contribution < -0.4 is 15.5 Å². The Kier molecular flexibility index (Phi) is 7.07. The quantitative estimate of drug-likeness (QED) is 0.362. The molecule has 6 nitrogen and oxygen atoms in total. The molecule has 4 rings (SSSR count). The van der Waals surface area contributed by atoms with Crippen molar-refractivity contribution in [3.63, 3.8) is 0 Å². The topological polar surface area (TPSA) is 78.5 Å². The molecule has 0 fully saturated rings. The van der Waals surface area contributed by atoms with Crippen LogP contribution >= 0.6 is 39.1 Å². The van der Waals surface area contributed by atoms with Gasteiger partial charge in [-0.2, -0.15) is 0 Å². The molecule has 1 heterocycles. The third-order valence-corrected chi connectivity index (χ3v) is 6.69. The molecule has 0 aromatic heterocycles. The highest BCUT2D eigenvalue weighted by Crippen LogP contribution is 2.34. The number of rotatable bonds is 6. The Labute approximate surface area is 214 Å². The van der Waals surface area contributed by atoms with Crippen LogP contribution in [0, 0.1) is 6.92 Å². The van der Waals surface area contributed by atoms with E-state index in [-0.39, 0.29) is 23.1 Å². The van der Waals surface area contributed by atoms with Gasteiger partial charge in [0.05, 0.1) is 17.8 Å². The van der Waals surface area contributed by atoms with Crippen LogP contribution in [0.2, 0.25) is 5.02 Å². The number of benzene rings is 3. The lowest BCUT2D eigenvalue weighted by Gasteiger charge is -2.18. The number of imide groups is 1. The van der Waals surface area contributed by atoms with Crippen molar-refractivity contribution in [2.75, 3.05) is 15.5 Å². The molecule has 0 spiro atoms. The van der Waals surface area contributed by atoms with Crippen LogP contribution in [0.15, 0.2) is 81.9 Å². The smallest absolute Gasteiger partial charge is 0.283 e. The van der Waals surface area contributed by atoms with Crippen LogP contribution in [-0.4, -0.2) is 17.7 Å². The number of carbonyl (C=O) groups is 3. The van der Waals surface area contributed by atoms with Gasteiger partial charge in [0.1, 0.15) is 10.7 Å². The van der Waals surface area contributed by atoms with Crippen LogP contribution in [-0.2, 0) is 20.8 Å². The van der Waals surface area contributed by atoms with Gasteiger partial charge in [-0.3, -0.25) is 14.4 Å². The monoisotopic (exact) mass is 557 g/mol. The summed E-state index contributed by atoms with van der Waals surface area (Å²) in [6.07, 6.45) is 0.171. The first-order chi connectivity index (χ1) is 16.3. The number of hydrogen-bond acceptors (Lipinski definition) is 4. The summed E-state index contributed by atoms with van der Waals surface area (Å²) < 4.78 is 0.797. The fraction of sp³-hybridized carbons (Fsp3) is 0.0800. The average Bonchev–Trinajstić information content (AvgIpc) is 3.02. The second kappa shape index (κ2) is 10.0. The first-order valence-electron chi connectivity index (χ1n) is 10.2. The lowest BCUT2D eigenvalue weighted by Crippen LogP contribution is -2.32. The van der Waals surface area contributed by atoms with E-state index in [9.17, 15) is 14.4 Å². The number of carbonyl (C=O) groups excluding carboxylic acids is 3. The molecule has 0 atom stereocenters. The molecule has 0 radical (unpaired) electrons. The highest BCUT2D eigenvalue weighted by molar-refractivity contribution is 9.10. The third-order valence-electron chi connectivity index (χ3n) is 5.24. The van der Waals surface area contributed by atoms with E-state index < -0.39 is 11.8 Å². The molecule has 0 aliphatic carbocycles. The molecule has 1 aliphatic heterocycles. The number of amides is 3. The van der Waals surface area contributed by atoms with Crippen LogP contribution in [0.25, 0.3) is 0 Å². The molecule has 0 bridgehead atoms. The molecule has 3 aromatic rings. The molecular weight excluding hydrogens is 541 g/mol. The number of anilines is 3. The SMILES string of the molecule is Cc1c(Cl)cccc1N1C(=O)C(Cl)=C(Nc2ccc(CC(=O)Nc3ccccc3Br)cc2)C1=O. The van der Waals surface area contributed by atoms with Crippen LogP contribution in [0.4, 0.5) is 17.1 Å². The van der Waals surface area contributed by atoms with E-state index in [2.05, 4.69) is 26.6 Å². The van der Waals surface area contributed by atoms with Gasteiger partial charge in [0.2, 0.25) is 5.91 Å². The number of halogens is 3. The maximum Gasteiger partial charge on any atom is 0.283 e. The zero-order valence-corrected chi connectivity index (χ0v) is 21.0. The molecule has 0 unspecified atom stereocenters. The number of nitrogens with one attached hydrogen (secondary N) is 2. The Morgan fingerprint density at radius 3 is 2.35 bits per heavy atom. The zero-order chi connectivity index (χ0) is 24.4. The lowest BCUT2D eigenvalue weighted by atomic mass is 10.1. The third kappa shape index (κ3) is 4.87. The first-order valence-corrected chi connectivity index (χ1v) is 11.7. The van der Waals surface area contributed by atoms with Gasteiger partial charge >= 0.3 is 0 Å². The Morgan fingerprint density at radius 2 is 1.65 bits per heavy atom. The van der Waals surface area contributed by atoms with Gasteiger partial charge in [-0.15, -0.1) is 0 Å². The van der Waals surface area contributed by atoms with Crippen molar-refractivity contribution in [2.45, 2.75) is 13.3 Å². The summed E-state index contributed by atoms with van der Waals surface area (Å²) in [5.74, 6) is -1.36. The van der Waals surface area contributed by atoms with E-state index in [1.165, 1.54) is 0 Å². The fourth-order valence-electron chi connectivity index (χ4n) is 3.46. The maximum atomic E-state index is 13.0. The average molecular weight is 559 g/mol. The highest BCUT2D eigenvalue weighted by Gasteiger charge is 2.39. The van der Waals surface area contributed by atoms with Crippen molar-refractivity contribution in [3.8, 4) is 0 Å². The zero-order valence-electron chi connectivity index (χ0n) is 17.9. The van der Waals surface area contributed by atoms with Crippen molar-refractivity contribution in [1.29, 1.82) is 0 Å². The highest BCUT2D eigenvalue weighted by atomic mass is 79.9. The summed E-state index contributed by atoms with van der Waals surface area (Å²) in [5.41, 5.74) is 2.97. The second-order valence-electron chi connectivity index (χ2n) is 7.55. The minimum absolute atomic E-state index is 0.0227. The first kappa shape index (κ1) is 24.0. The van der Waals surface area contributed by atoms with Crippen molar-refractivity contribution < 1.29 is 14.4 Å². The predicted molar refractivity (Wildman–Crippen MR) is 138 cm³/mol. The molecule has 0 saturated heterocycles. The van der Waals surface area contributed by atoms with E-state index in [1.54, 1.807) is 55.5 Å². The standard InChI is InChI=1S/C25H18BrCl2N3O3/c1-14-18(27)6-4-8-20(14)31-24(33)22(28)23(25(31)34)29-16-11-9-15(10-12-16)13-21(32)30-19-7-3-2-5-17(19)26/h2-12,29H,13H2,1H3,(H,30,32). The molecule has 3 aromatic carbocycles. The van der Waals surface area contributed by atoms with Gasteiger partial charge in [-0.25, -0.2) is 4.90 Å². The van der Waals surface area contributed by atoms with Gasteiger partial charge in [0.25, 0.3) is 11.8 Å². The van der Waals surface area contributed by atoms with E-state index in [0.29, 0.717) is 27.6 Å². The van der Waals surface area contributed by atoms with E-state index in [0.717, 1.165) is 14.9 Å². The molecule has 0 saturated carbocycles. The Bertz CT molecular complexity index is 1340. The van der Waals surface area contributed by atoms with Gasteiger partial charge in [0.15, 0.2) is 0 Å². The number of para-hydroxylation sites is 1. The van der Waals surface area contributed by atoms with Gasteiger partial charge in [-0.05, 0) is 70.4 Å². The van der Waals surface area contributed by atoms with Crippen LogP contribution in [0.3, 0.4) is 0 Å². The number of hydrogen-bond donors (Lipinski definition) is 2. The minimum Gasteiger partial charge on any atom is -0.350 e. The van der Waals surface area contributed by atoms with Crippen molar-refractivity contribution >= 4 is 73.9 Å². The summed E-state index contributed by atoms with van der Waals surface area (Å²) in [6.45, 7) is 1.73. The van der Waals surface area contributed by atoms with E-state index >= 15 is 0 Å². The molecule has 9 heteroatoms. The molecular formula is C25H18BrCl2N3O3. The van der Waals surface area contributed by atoms with Gasteiger partial charge in [-0.1, -0.05) is 53.5 Å². The molecule has 172 valence electrons. The normalized spacial score (nSPS) is 13.5. The summed E-state index contributed by atoms with van der Waals surface area (Å²) in [5, 5.41) is 6.01. The van der Waals surface area contributed by atoms with E-state index in [1.807, 2.05) is 18.2 Å². The Morgan fingerprint density at radius 1 is 0.941 bits per heavy atom. The van der Waals surface area contributed by atoms with Gasteiger partial charge < -0.3 is 10.6 Å². The molecule has 1 aliphatic rings. The lowest BCUT2D eigenvalue weighted by molar-refractivity contribution is -0.120. The molecule has 3 amide bonds. The summed E-state index contributed by atoms with van der Waals surface area (Å²) >= 11 is 15.8. The predicted octanol–water partition coefficient (Wildman–Crippen LogP) is 6.03. The molecule has 34 heavy (non-hydrogen) atoms. The fourth-order valence-corrected chi connectivity index (χ4v) is 4.23. The Hall–Kier alpha value is -3.13. The van der Waals surface area contributed by atoms with Gasteiger partial charge in [0, 0.05) is 15.2 Å². The largest absolute Gasteiger partial charge is 0.350 e. The minimum atomic E-state index is -0.625. The summed E-state index contributed by atoms with van der Waals surface area (Å²) in [6, 6.07) is 19.3. The van der Waals surface area contributed by atoms with Crippen molar-refractivity contribution in [3.05, 3.63) is 98.1 Å². The summed E-state index contributed by atoms with van der Waals surface area (Å²) in [7, 11) is 0. The maximum absolute atomic E-state index is 13.0. The Balaban J connectivity index is 1.45. The van der Waals surface area contributed by atoms with Crippen molar-refractivity contribution in [1.82, 2.24) is 0 Å². The number of nitrogens with zero attached hydrogens (tertiary/aromatic N) is 1. The van der Waals surface area contributed by atoms with Crippen LogP contribution in [0.1, 0.15) is 11.1 Å². The van der Waals surface area contributed by atoms with Crippen molar-refractivity contribution in [2.24, 2.45) is 0 Å². The van der Waals surface area contributed by atoms with Crippen LogP contribution in [0.5, 0.6) is 0 Å². The second-order valence-corrected chi connectivity index (χ2v) is 9.18.